The summed E-state index contributed by atoms with van der Waals surface area (Å²) in [6, 6.07) is 6.09. The lowest BCUT2D eigenvalue weighted by molar-refractivity contribution is -0.275. The molecule has 2 aromatic rings. The van der Waals surface area contributed by atoms with Gasteiger partial charge in [0.05, 0.1) is 5.69 Å². The van der Waals surface area contributed by atoms with E-state index in [1.54, 1.807) is 6.07 Å². The predicted octanol–water partition coefficient (Wildman–Crippen LogP) is 3.18. The average molecular weight is 413 g/mol. The van der Waals surface area contributed by atoms with Gasteiger partial charge in [-0.1, -0.05) is 0 Å². The van der Waals surface area contributed by atoms with Crippen LogP contribution in [0.3, 0.4) is 0 Å². The van der Waals surface area contributed by atoms with E-state index < -0.39 is 23.5 Å². The first-order chi connectivity index (χ1) is 13.6. The summed E-state index contributed by atoms with van der Waals surface area (Å²) in [6.45, 7) is 2.68. The molecule has 2 heterocycles. The number of ether oxygens (including phenoxy) is 1. The van der Waals surface area contributed by atoms with Crippen LogP contribution in [0.5, 0.6) is 5.75 Å². The zero-order chi connectivity index (χ0) is 21.2. The Morgan fingerprint density at radius 1 is 1.21 bits per heavy atom. The summed E-state index contributed by atoms with van der Waals surface area (Å²) < 4.78 is 54.5. The second-order valence-electron chi connectivity index (χ2n) is 6.77. The van der Waals surface area contributed by atoms with Crippen molar-refractivity contribution in [3.63, 3.8) is 0 Å². The molecule has 1 aromatic heterocycles. The summed E-state index contributed by atoms with van der Waals surface area (Å²) in [5.74, 6) is -2.23. The average Bonchev–Trinajstić information content (AvgIpc) is 2.62. The highest BCUT2D eigenvalue weighted by atomic mass is 19.4. The van der Waals surface area contributed by atoms with E-state index in [0.29, 0.717) is 31.6 Å². The lowest BCUT2D eigenvalue weighted by atomic mass is 10.0. The minimum atomic E-state index is -5.00. The molecule has 156 valence electrons. The summed E-state index contributed by atoms with van der Waals surface area (Å²) in [4.78, 5) is 27.8. The van der Waals surface area contributed by atoms with Crippen LogP contribution in [0, 0.1) is 5.82 Å². The molecule has 2 N–H and O–H groups in total. The van der Waals surface area contributed by atoms with Gasteiger partial charge in [-0.15, -0.1) is 13.2 Å². The molecule has 1 saturated heterocycles. The highest BCUT2D eigenvalue weighted by Gasteiger charge is 2.32. The molecule has 6 nitrogen and oxygen atoms in total. The zero-order valence-electron chi connectivity index (χ0n) is 15.5. The highest BCUT2D eigenvalue weighted by molar-refractivity contribution is 5.73. The smallest absolute Gasteiger partial charge is 0.403 e. The van der Waals surface area contributed by atoms with Crippen LogP contribution in [-0.4, -0.2) is 36.4 Å². The third kappa shape index (κ3) is 5.49. The van der Waals surface area contributed by atoms with Crippen LogP contribution in [0.2, 0.25) is 0 Å². The van der Waals surface area contributed by atoms with E-state index in [-0.39, 0.29) is 23.2 Å². The van der Waals surface area contributed by atoms with Gasteiger partial charge in [0.15, 0.2) is 11.6 Å². The number of hydrogen-bond acceptors (Lipinski definition) is 4. The number of aromatic amines is 1. The Balaban J connectivity index is 1.80. The van der Waals surface area contributed by atoms with Gasteiger partial charge in [0.1, 0.15) is 0 Å². The van der Waals surface area contributed by atoms with Crippen molar-refractivity contribution >= 4 is 11.6 Å². The molecule has 0 atom stereocenters. The number of H-pyrrole nitrogens is 1. The zero-order valence-corrected chi connectivity index (χ0v) is 15.5. The van der Waals surface area contributed by atoms with E-state index in [9.17, 15) is 27.2 Å². The number of pyridine rings is 1. The van der Waals surface area contributed by atoms with Gasteiger partial charge in [-0.05, 0) is 37.1 Å². The van der Waals surface area contributed by atoms with E-state index in [1.807, 2.05) is 4.90 Å². The number of halogens is 4. The van der Waals surface area contributed by atoms with Crippen LogP contribution in [0.25, 0.3) is 11.3 Å². The fourth-order valence-corrected chi connectivity index (χ4v) is 3.31. The molecular formula is C19H19F4N3O3. The summed E-state index contributed by atoms with van der Waals surface area (Å²) in [5, 5.41) is 2.86. The number of alkyl halides is 3. The number of amides is 1. The van der Waals surface area contributed by atoms with E-state index in [0.717, 1.165) is 12.1 Å². The first kappa shape index (κ1) is 20.7. The summed E-state index contributed by atoms with van der Waals surface area (Å²) in [6.07, 6.45) is -3.58. The summed E-state index contributed by atoms with van der Waals surface area (Å²) in [5.41, 5.74) is 0.677. The van der Waals surface area contributed by atoms with Gasteiger partial charge in [-0.2, -0.15) is 0 Å². The van der Waals surface area contributed by atoms with Gasteiger partial charge in [0.2, 0.25) is 11.5 Å². The molecule has 1 fully saturated rings. The van der Waals surface area contributed by atoms with Crippen molar-refractivity contribution in [2.24, 2.45) is 0 Å². The Hall–Kier alpha value is -3.04. The molecule has 0 bridgehead atoms. The van der Waals surface area contributed by atoms with Gasteiger partial charge in [0.25, 0.3) is 0 Å². The van der Waals surface area contributed by atoms with E-state index >= 15 is 0 Å². The van der Waals surface area contributed by atoms with Crippen molar-refractivity contribution in [3.05, 3.63) is 46.5 Å². The van der Waals surface area contributed by atoms with Crippen molar-refractivity contribution < 1.29 is 27.1 Å². The molecule has 0 radical (unpaired) electrons. The number of nitrogens with zero attached hydrogens (tertiary/aromatic N) is 1. The van der Waals surface area contributed by atoms with Crippen LogP contribution in [0.4, 0.5) is 23.2 Å². The van der Waals surface area contributed by atoms with E-state index in [1.165, 1.54) is 19.1 Å². The minimum Gasteiger partial charge on any atom is -0.403 e. The topological polar surface area (TPSA) is 74.4 Å². The standard InChI is InChI=1S/C19H19F4N3O3/c1-11(27)24-13-4-6-26(7-5-13)14-9-16(25-18(28)10-14)12-2-3-17(15(20)8-12)29-19(21,22)23/h2-3,8-10,13H,4-7H2,1H3,(H,24,27)(H,25,28). The molecule has 0 saturated carbocycles. The van der Waals surface area contributed by atoms with Crippen molar-refractivity contribution in [2.45, 2.75) is 32.2 Å². The second-order valence-corrected chi connectivity index (χ2v) is 6.77. The van der Waals surface area contributed by atoms with Crippen LogP contribution in [0.15, 0.2) is 35.1 Å². The molecule has 1 amide bonds. The molecule has 0 unspecified atom stereocenters. The number of piperidine rings is 1. The molecule has 0 aliphatic carbocycles. The Morgan fingerprint density at radius 3 is 2.48 bits per heavy atom. The van der Waals surface area contributed by atoms with Crippen molar-refractivity contribution in [1.29, 1.82) is 0 Å². The number of carbonyl (C=O) groups excluding carboxylic acids is 1. The van der Waals surface area contributed by atoms with E-state index in [2.05, 4.69) is 15.0 Å². The number of benzene rings is 1. The van der Waals surface area contributed by atoms with E-state index in [4.69, 9.17) is 0 Å². The van der Waals surface area contributed by atoms with Gasteiger partial charge in [-0.25, -0.2) is 4.39 Å². The van der Waals surface area contributed by atoms with Crippen molar-refractivity contribution in [1.82, 2.24) is 10.3 Å². The number of anilines is 1. The van der Waals surface area contributed by atoms with Gasteiger partial charge < -0.3 is 19.9 Å². The monoisotopic (exact) mass is 413 g/mol. The molecule has 29 heavy (non-hydrogen) atoms. The lowest BCUT2D eigenvalue weighted by Gasteiger charge is -2.33. The second kappa shape index (κ2) is 8.14. The predicted molar refractivity (Wildman–Crippen MR) is 98.2 cm³/mol. The number of hydrogen-bond donors (Lipinski definition) is 2. The number of rotatable bonds is 4. The van der Waals surface area contributed by atoms with Gasteiger partial charge in [0, 0.05) is 43.4 Å². The molecular weight excluding hydrogens is 394 g/mol. The fraction of sp³-hybridized carbons (Fsp3) is 0.368. The molecule has 0 spiro atoms. The van der Waals surface area contributed by atoms with Crippen molar-refractivity contribution in [3.8, 4) is 17.0 Å². The first-order valence-corrected chi connectivity index (χ1v) is 8.93. The minimum absolute atomic E-state index is 0.0699. The molecule has 10 heteroatoms. The number of carbonyl (C=O) groups is 1. The molecule has 1 aromatic carbocycles. The van der Waals surface area contributed by atoms with Gasteiger partial charge >= 0.3 is 6.36 Å². The van der Waals surface area contributed by atoms with Crippen LogP contribution in [-0.2, 0) is 4.79 Å². The molecule has 3 rings (SSSR count). The first-order valence-electron chi connectivity index (χ1n) is 8.93. The van der Waals surface area contributed by atoms with Crippen LogP contribution < -0.4 is 20.5 Å². The third-order valence-corrected chi connectivity index (χ3v) is 4.57. The third-order valence-electron chi connectivity index (χ3n) is 4.57. The molecule has 1 aliphatic heterocycles. The van der Waals surface area contributed by atoms with Crippen molar-refractivity contribution in [2.75, 3.05) is 18.0 Å². The number of nitrogens with one attached hydrogen (secondary N) is 2. The van der Waals surface area contributed by atoms with Gasteiger partial charge in [-0.3, -0.25) is 9.59 Å². The summed E-state index contributed by atoms with van der Waals surface area (Å²) >= 11 is 0. The summed E-state index contributed by atoms with van der Waals surface area (Å²) in [7, 11) is 0. The molecule has 1 aliphatic rings. The maximum Gasteiger partial charge on any atom is 0.573 e. The normalized spacial score (nSPS) is 15.3. The largest absolute Gasteiger partial charge is 0.573 e. The highest BCUT2D eigenvalue weighted by Crippen LogP contribution is 2.30. The Labute approximate surface area is 163 Å². The SMILES string of the molecule is CC(=O)NC1CCN(c2cc(-c3ccc(OC(F)(F)F)c(F)c3)[nH]c(=O)c2)CC1. The van der Waals surface area contributed by atoms with Crippen LogP contribution in [0.1, 0.15) is 19.8 Å². The fourth-order valence-electron chi connectivity index (χ4n) is 3.31. The Morgan fingerprint density at radius 2 is 1.90 bits per heavy atom. The lowest BCUT2D eigenvalue weighted by Crippen LogP contribution is -2.44. The number of aromatic nitrogens is 1. The Bertz CT molecular complexity index is 950. The Kier molecular flexibility index (Phi) is 5.81. The quantitative estimate of drug-likeness (QED) is 0.756. The van der Waals surface area contributed by atoms with Crippen LogP contribution >= 0.6 is 0 Å². The maximum absolute atomic E-state index is 14.0. The maximum atomic E-state index is 14.0.